The Morgan fingerprint density at radius 2 is 1.88 bits per heavy atom. The zero-order valence-corrected chi connectivity index (χ0v) is 17.1. The Hall–Kier alpha value is -1.19. The summed E-state index contributed by atoms with van der Waals surface area (Å²) in [5, 5.41) is 10.6. The number of rotatable bonds is 4. The van der Waals surface area contributed by atoms with E-state index in [2.05, 4.69) is 39.0 Å². The Labute approximate surface area is 158 Å². The highest BCUT2D eigenvalue weighted by Gasteiger charge is 2.69. The summed E-state index contributed by atoms with van der Waals surface area (Å²) in [5.74, 6) is 1.80. The van der Waals surface area contributed by atoms with E-state index in [1.54, 1.807) is 6.92 Å². The lowest BCUT2D eigenvalue weighted by molar-refractivity contribution is -0.113. The Morgan fingerprint density at radius 1 is 1.19 bits per heavy atom. The van der Waals surface area contributed by atoms with Crippen LogP contribution in [0.3, 0.4) is 0 Å². The number of fused-ring (bicyclic) bond motifs is 3. The van der Waals surface area contributed by atoms with Gasteiger partial charge in [0.05, 0.1) is 17.3 Å². The van der Waals surface area contributed by atoms with Gasteiger partial charge in [-0.15, -0.1) is 0 Å². The molecule has 1 saturated heterocycles. The summed E-state index contributed by atoms with van der Waals surface area (Å²) in [6.45, 7) is 12.0. The normalized spacial score (nSPS) is 46.0. The number of ketones is 1. The highest BCUT2D eigenvalue weighted by atomic mass is 16.6. The van der Waals surface area contributed by atoms with Crippen LogP contribution in [0.1, 0.15) is 60.8 Å². The highest BCUT2D eigenvalue weighted by Crippen LogP contribution is 2.64. The molecule has 0 bridgehead atoms. The van der Waals surface area contributed by atoms with E-state index in [9.17, 15) is 9.90 Å². The molecule has 144 valence electrons. The fourth-order valence-electron chi connectivity index (χ4n) is 5.53. The van der Waals surface area contributed by atoms with E-state index in [-0.39, 0.29) is 17.5 Å². The van der Waals surface area contributed by atoms with Crippen LogP contribution in [0.15, 0.2) is 35.5 Å². The standard InChI is InChI=1S/C23H34O3/c1-7-14(2)20-18(10-8-9-15(3)16(4)24)17-11-12-22(5,25)13-19(17)21-23(20,6)26-21/h7-10,17-21,25H,11-13H2,1-6H3. The summed E-state index contributed by atoms with van der Waals surface area (Å²) in [6.07, 6.45) is 11.5. The molecule has 2 saturated carbocycles. The lowest BCUT2D eigenvalue weighted by Gasteiger charge is -2.48. The minimum atomic E-state index is -0.574. The van der Waals surface area contributed by atoms with Gasteiger partial charge in [-0.25, -0.2) is 0 Å². The fraction of sp³-hybridized carbons (Fsp3) is 0.696. The molecular weight excluding hydrogens is 324 g/mol. The maximum absolute atomic E-state index is 11.5. The van der Waals surface area contributed by atoms with E-state index in [0.717, 1.165) is 24.8 Å². The number of ether oxygens (including phenoxy) is 1. The molecule has 7 atom stereocenters. The summed E-state index contributed by atoms with van der Waals surface area (Å²) < 4.78 is 6.30. The number of Topliss-reactive ketones (excluding diaryl/α,β-unsaturated/α-hetero) is 1. The number of allylic oxidation sites excluding steroid dienone is 5. The lowest BCUT2D eigenvalue weighted by Crippen LogP contribution is -2.50. The highest BCUT2D eigenvalue weighted by molar-refractivity contribution is 5.92. The molecule has 0 spiro atoms. The van der Waals surface area contributed by atoms with Crippen LogP contribution in [-0.2, 0) is 9.53 Å². The molecule has 1 N–H and O–H groups in total. The van der Waals surface area contributed by atoms with Gasteiger partial charge in [-0.1, -0.05) is 29.9 Å². The Morgan fingerprint density at radius 3 is 2.50 bits per heavy atom. The van der Waals surface area contributed by atoms with E-state index < -0.39 is 5.60 Å². The molecule has 26 heavy (non-hydrogen) atoms. The smallest absolute Gasteiger partial charge is 0.155 e. The summed E-state index contributed by atoms with van der Waals surface area (Å²) in [7, 11) is 0. The van der Waals surface area contributed by atoms with Crippen molar-refractivity contribution in [1.82, 2.24) is 0 Å². The number of epoxide rings is 1. The van der Waals surface area contributed by atoms with Crippen LogP contribution in [0.4, 0.5) is 0 Å². The Bertz CT molecular complexity index is 669. The van der Waals surface area contributed by atoms with E-state index >= 15 is 0 Å². The van der Waals surface area contributed by atoms with Crippen molar-refractivity contribution in [2.24, 2.45) is 23.7 Å². The monoisotopic (exact) mass is 358 g/mol. The molecule has 3 aliphatic rings. The lowest BCUT2D eigenvalue weighted by atomic mass is 9.55. The molecule has 7 unspecified atom stereocenters. The minimum Gasteiger partial charge on any atom is -0.390 e. The van der Waals surface area contributed by atoms with Crippen molar-refractivity contribution < 1.29 is 14.6 Å². The van der Waals surface area contributed by atoms with Gasteiger partial charge in [-0.2, -0.15) is 0 Å². The van der Waals surface area contributed by atoms with Crippen LogP contribution in [0, 0.1) is 23.7 Å². The molecule has 0 aromatic heterocycles. The number of hydrogen-bond acceptors (Lipinski definition) is 3. The zero-order valence-electron chi connectivity index (χ0n) is 17.1. The van der Waals surface area contributed by atoms with E-state index in [0.29, 0.717) is 23.7 Å². The van der Waals surface area contributed by atoms with Gasteiger partial charge in [0.15, 0.2) is 5.78 Å². The molecule has 3 nitrogen and oxygen atoms in total. The first-order chi connectivity index (χ1) is 12.1. The van der Waals surface area contributed by atoms with Gasteiger partial charge < -0.3 is 9.84 Å². The molecule has 3 rings (SSSR count). The molecule has 3 heteroatoms. The summed E-state index contributed by atoms with van der Waals surface area (Å²) in [5.41, 5.74) is 1.47. The average molecular weight is 359 g/mol. The SMILES string of the molecule is CC=C(C)C1C(C=CC=C(C)C(C)=O)C2CCC(C)(O)CC2C2OC21C. The van der Waals surface area contributed by atoms with Gasteiger partial charge in [0, 0.05) is 5.92 Å². The molecular formula is C23H34O3. The van der Waals surface area contributed by atoms with Crippen molar-refractivity contribution in [2.45, 2.75) is 78.1 Å². The number of carbonyl (C=O) groups excluding carboxylic acids is 1. The average Bonchev–Trinajstić information content (AvgIpc) is 3.25. The Balaban J connectivity index is 1.94. The maximum atomic E-state index is 11.5. The molecule has 0 radical (unpaired) electrons. The van der Waals surface area contributed by atoms with Crippen molar-refractivity contribution in [3.8, 4) is 0 Å². The topological polar surface area (TPSA) is 49.8 Å². The van der Waals surface area contributed by atoms with Gasteiger partial charge in [-0.3, -0.25) is 4.79 Å². The number of hydrogen-bond donors (Lipinski definition) is 1. The van der Waals surface area contributed by atoms with Gasteiger partial charge in [0.25, 0.3) is 0 Å². The van der Waals surface area contributed by atoms with Crippen molar-refractivity contribution in [3.63, 3.8) is 0 Å². The third-order valence-corrected chi connectivity index (χ3v) is 7.20. The first-order valence-corrected chi connectivity index (χ1v) is 10.00. The maximum Gasteiger partial charge on any atom is 0.155 e. The summed E-state index contributed by atoms with van der Waals surface area (Å²) in [4.78, 5) is 11.5. The van der Waals surface area contributed by atoms with Crippen LogP contribution in [0.2, 0.25) is 0 Å². The molecule has 0 aromatic carbocycles. The minimum absolute atomic E-state index is 0.114. The molecule has 0 amide bonds. The third kappa shape index (κ3) is 3.36. The van der Waals surface area contributed by atoms with Crippen molar-refractivity contribution in [3.05, 3.63) is 35.5 Å². The third-order valence-electron chi connectivity index (χ3n) is 7.20. The molecule has 0 aromatic rings. The van der Waals surface area contributed by atoms with Crippen molar-refractivity contribution in [2.75, 3.05) is 0 Å². The molecule has 3 fully saturated rings. The van der Waals surface area contributed by atoms with Gasteiger partial charge in [-0.05, 0) is 84.1 Å². The Kier molecular flexibility index (Phi) is 5.09. The van der Waals surface area contributed by atoms with Crippen molar-refractivity contribution in [1.29, 1.82) is 0 Å². The quantitative estimate of drug-likeness (QED) is 0.345. The number of aliphatic hydroxyl groups is 1. The van der Waals surface area contributed by atoms with Crippen LogP contribution < -0.4 is 0 Å². The molecule has 2 aliphatic carbocycles. The summed E-state index contributed by atoms with van der Waals surface area (Å²) in [6, 6.07) is 0. The molecule has 1 aliphatic heterocycles. The zero-order chi connectivity index (χ0) is 19.3. The second kappa shape index (κ2) is 6.76. The van der Waals surface area contributed by atoms with E-state index in [1.165, 1.54) is 5.57 Å². The largest absolute Gasteiger partial charge is 0.390 e. The predicted octanol–water partition coefficient (Wildman–Crippen LogP) is 4.61. The van der Waals surface area contributed by atoms with E-state index in [1.807, 2.05) is 19.9 Å². The number of carbonyl (C=O) groups is 1. The summed E-state index contributed by atoms with van der Waals surface area (Å²) >= 11 is 0. The van der Waals surface area contributed by atoms with Gasteiger partial charge >= 0.3 is 0 Å². The predicted molar refractivity (Wildman–Crippen MR) is 105 cm³/mol. The van der Waals surface area contributed by atoms with Crippen LogP contribution >= 0.6 is 0 Å². The molecule has 1 heterocycles. The van der Waals surface area contributed by atoms with Gasteiger partial charge in [0.2, 0.25) is 0 Å². The van der Waals surface area contributed by atoms with E-state index in [4.69, 9.17) is 4.74 Å². The van der Waals surface area contributed by atoms with Gasteiger partial charge in [0.1, 0.15) is 0 Å². The second-order valence-electron chi connectivity index (χ2n) is 9.17. The van der Waals surface area contributed by atoms with Crippen LogP contribution in [-0.4, -0.2) is 28.2 Å². The first kappa shape index (κ1) is 19.6. The first-order valence-electron chi connectivity index (χ1n) is 10.00. The van der Waals surface area contributed by atoms with Crippen LogP contribution in [0.25, 0.3) is 0 Å². The fourth-order valence-corrected chi connectivity index (χ4v) is 5.53. The second-order valence-corrected chi connectivity index (χ2v) is 9.17. The van der Waals surface area contributed by atoms with Crippen molar-refractivity contribution >= 4 is 5.78 Å². The van der Waals surface area contributed by atoms with Crippen LogP contribution in [0.5, 0.6) is 0 Å².